The lowest BCUT2D eigenvalue weighted by molar-refractivity contribution is -0.0615. The van der Waals surface area contributed by atoms with E-state index in [1.165, 1.54) is 64.2 Å². The largest absolute Gasteiger partial charge is 0.396 e. The number of fused-ring (bicyclic) bond motifs is 5. The van der Waals surface area contributed by atoms with E-state index in [4.69, 9.17) is 9.84 Å². The third-order valence-electron chi connectivity index (χ3n) is 12.2. The Balaban J connectivity index is 1.37. The van der Waals surface area contributed by atoms with E-state index in [0.29, 0.717) is 29.5 Å². The summed E-state index contributed by atoms with van der Waals surface area (Å²) in [5, 5.41) is 8.97. The van der Waals surface area contributed by atoms with E-state index < -0.39 is 0 Å². The summed E-state index contributed by atoms with van der Waals surface area (Å²) in [4.78, 5) is 0. The maximum absolute atomic E-state index is 8.97. The maximum atomic E-state index is 8.97. The molecule has 0 aliphatic heterocycles. The molecule has 3 fully saturated rings. The number of aliphatic hydroxyl groups excluding tert-OH is 1. The van der Waals surface area contributed by atoms with Crippen LogP contribution in [0, 0.1) is 52.3 Å². The van der Waals surface area contributed by atoms with Gasteiger partial charge in [0, 0.05) is 13.2 Å². The van der Waals surface area contributed by atoms with Crippen LogP contribution in [0.15, 0.2) is 23.8 Å². The van der Waals surface area contributed by atoms with Crippen LogP contribution in [0.25, 0.3) is 0 Å². The average Bonchev–Trinajstić information content (AvgIpc) is 3.23. The molecule has 1 N–H and O–H groups in total. The number of unbranched alkanes of at least 4 members (excludes halogenated alkanes) is 3. The third kappa shape index (κ3) is 6.11. The van der Waals surface area contributed by atoms with E-state index in [9.17, 15) is 0 Å². The maximum Gasteiger partial charge on any atom is 0.0612 e. The van der Waals surface area contributed by atoms with Crippen molar-refractivity contribution in [1.82, 2.24) is 0 Å². The molecule has 0 heterocycles. The van der Waals surface area contributed by atoms with Crippen molar-refractivity contribution in [3.05, 3.63) is 23.8 Å². The fourth-order valence-electron chi connectivity index (χ4n) is 9.77. The lowest BCUT2D eigenvalue weighted by Gasteiger charge is -2.58. The summed E-state index contributed by atoms with van der Waals surface area (Å²) in [5.41, 5.74) is 2.70. The second-order valence-corrected chi connectivity index (χ2v) is 14.4. The lowest BCUT2D eigenvalue weighted by Crippen LogP contribution is -2.51. The third-order valence-corrected chi connectivity index (χ3v) is 12.2. The number of aliphatic hydroxyl groups is 1. The quantitative estimate of drug-likeness (QED) is 0.208. The Bertz CT molecular complexity index is 782. The summed E-state index contributed by atoms with van der Waals surface area (Å²) in [6.07, 6.45) is 24.8. The average molecular weight is 513 g/mol. The first-order valence-electron chi connectivity index (χ1n) is 16.3. The molecule has 0 unspecified atom stereocenters. The van der Waals surface area contributed by atoms with Crippen LogP contribution in [0.2, 0.25) is 0 Å². The SMILES string of the molecule is CC[C@H](C=C[C@@H](C)[C@H]1CC[C@H]2[C@@H]3CC=C4C[C@@H](OCCCCCCO)CC[C@]4(C)[C@H]3CC[C@]12C)C(C)C. The van der Waals surface area contributed by atoms with Gasteiger partial charge in [0.2, 0.25) is 0 Å². The van der Waals surface area contributed by atoms with Gasteiger partial charge in [0.05, 0.1) is 6.10 Å². The fraction of sp³-hybridized carbons (Fsp3) is 0.886. The Morgan fingerprint density at radius 1 is 0.973 bits per heavy atom. The highest BCUT2D eigenvalue weighted by Gasteiger charge is 2.59. The van der Waals surface area contributed by atoms with Crippen molar-refractivity contribution in [3.63, 3.8) is 0 Å². The molecule has 4 rings (SSSR count). The van der Waals surface area contributed by atoms with Crippen molar-refractivity contribution >= 4 is 0 Å². The van der Waals surface area contributed by atoms with Crippen LogP contribution >= 0.6 is 0 Å². The summed E-state index contributed by atoms with van der Waals surface area (Å²) in [6.45, 7) is 16.2. The first kappa shape index (κ1) is 29.4. The normalized spacial score (nSPS) is 39.2. The highest BCUT2D eigenvalue weighted by Crippen LogP contribution is 2.67. The molecule has 0 spiro atoms. The molecule has 0 aromatic heterocycles. The molecular weight excluding hydrogens is 452 g/mol. The molecule has 0 amide bonds. The van der Waals surface area contributed by atoms with Crippen molar-refractivity contribution in [2.24, 2.45) is 52.3 Å². The van der Waals surface area contributed by atoms with Crippen LogP contribution in [-0.2, 0) is 4.74 Å². The van der Waals surface area contributed by atoms with Gasteiger partial charge in [-0.3, -0.25) is 0 Å². The van der Waals surface area contributed by atoms with E-state index in [-0.39, 0.29) is 0 Å². The standard InChI is InChI=1S/C35H60O2/c1-7-27(25(2)3)13-12-26(4)31-16-17-32-30-15-14-28-24-29(37-23-11-9-8-10-22-36)18-20-34(28,5)33(30)19-21-35(31,32)6/h12-14,25-27,29-33,36H,7-11,15-24H2,1-6H3/t26-,27-,29+,30+,31-,32+,33+,34+,35-/m1/s1. The van der Waals surface area contributed by atoms with Crippen molar-refractivity contribution < 1.29 is 9.84 Å². The van der Waals surface area contributed by atoms with Crippen LogP contribution in [0.5, 0.6) is 0 Å². The minimum absolute atomic E-state index is 0.326. The molecule has 0 radical (unpaired) electrons. The van der Waals surface area contributed by atoms with Gasteiger partial charge in [-0.1, -0.05) is 78.2 Å². The van der Waals surface area contributed by atoms with E-state index in [1.54, 1.807) is 5.57 Å². The molecule has 0 aromatic rings. The van der Waals surface area contributed by atoms with Gasteiger partial charge in [-0.05, 0) is 123 Å². The van der Waals surface area contributed by atoms with Crippen LogP contribution in [0.4, 0.5) is 0 Å². The monoisotopic (exact) mass is 512 g/mol. The van der Waals surface area contributed by atoms with E-state index in [1.807, 2.05) is 0 Å². The first-order valence-corrected chi connectivity index (χ1v) is 16.3. The Morgan fingerprint density at radius 2 is 1.76 bits per heavy atom. The van der Waals surface area contributed by atoms with Gasteiger partial charge in [-0.2, -0.15) is 0 Å². The number of hydrogen-bond acceptors (Lipinski definition) is 2. The zero-order valence-electron chi connectivity index (χ0n) is 25.3. The van der Waals surface area contributed by atoms with Gasteiger partial charge in [0.1, 0.15) is 0 Å². The summed E-state index contributed by atoms with van der Waals surface area (Å²) in [7, 11) is 0. The van der Waals surface area contributed by atoms with Crippen molar-refractivity contribution in [2.45, 2.75) is 131 Å². The van der Waals surface area contributed by atoms with Crippen LogP contribution in [-0.4, -0.2) is 24.4 Å². The van der Waals surface area contributed by atoms with Gasteiger partial charge >= 0.3 is 0 Å². The highest BCUT2D eigenvalue weighted by molar-refractivity contribution is 5.25. The second-order valence-electron chi connectivity index (χ2n) is 14.4. The van der Waals surface area contributed by atoms with Crippen molar-refractivity contribution in [3.8, 4) is 0 Å². The smallest absolute Gasteiger partial charge is 0.0612 e. The minimum atomic E-state index is 0.326. The van der Waals surface area contributed by atoms with Crippen LogP contribution in [0.3, 0.4) is 0 Å². The van der Waals surface area contributed by atoms with Gasteiger partial charge in [-0.15, -0.1) is 0 Å². The van der Waals surface area contributed by atoms with Gasteiger partial charge in [0.15, 0.2) is 0 Å². The molecule has 2 heteroatoms. The topological polar surface area (TPSA) is 29.5 Å². The molecule has 4 aliphatic carbocycles. The zero-order chi connectivity index (χ0) is 26.6. The van der Waals surface area contributed by atoms with E-state index in [0.717, 1.165) is 61.4 Å². The van der Waals surface area contributed by atoms with Crippen LogP contribution < -0.4 is 0 Å². The minimum Gasteiger partial charge on any atom is -0.396 e. The lowest BCUT2D eigenvalue weighted by atomic mass is 9.47. The number of rotatable bonds is 12. The van der Waals surface area contributed by atoms with Gasteiger partial charge < -0.3 is 9.84 Å². The van der Waals surface area contributed by atoms with Crippen molar-refractivity contribution in [2.75, 3.05) is 13.2 Å². The number of allylic oxidation sites excluding steroid dienone is 3. The summed E-state index contributed by atoms with van der Waals surface area (Å²) >= 11 is 0. The Hall–Kier alpha value is -0.600. The molecule has 0 aromatic carbocycles. The van der Waals surface area contributed by atoms with E-state index in [2.05, 4.69) is 59.8 Å². The second kappa shape index (κ2) is 12.7. The van der Waals surface area contributed by atoms with Gasteiger partial charge in [-0.25, -0.2) is 0 Å². The molecule has 3 saturated carbocycles. The highest BCUT2D eigenvalue weighted by atomic mass is 16.5. The molecule has 9 atom stereocenters. The Labute approximate surface area is 230 Å². The molecule has 2 nitrogen and oxygen atoms in total. The molecule has 37 heavy (non-hydrogen) atoms. The molecule has 0 saturated heterocycles. The Kier molecular flexibility index (Phi) is 10.1. The summed E-state index contributed by atoms with van der Waals surface area (Å²) in [6, 6.07) is 0. The van der Waals surface area contributed by atoms with Gasteiger partial charge in [0.25, 0.3) is 0 Å². The molecular formula is C35H60O2. The molecule has 212 valence electrons. The first-order chi connectivity index (χ1) is 17.7. The predicted octanol–water partition coefficient (Wildman–Crippen LogP) is 9.38. The zero-order valence-corrected chi connectivity index (χ0v) is 25.3. The molecule has 4 aliphatic rings. The fourth-order valence-corrected chi connectivity index (χ4v) is 9.77. The number of ether oxygens (including phenoxy) is 1. The molecule has 0 bridgehead atoms. The predicted molar refractivity (Wildman–Crippen MR) is 157 cm³/mol. The van der Waals surface area contributed by atoms with Crippen molar-refractivity contribution in [1.29, 1.82) is 0 Å². The summed E-state index contributed by atoms with van der Waals surface area (Å²) < 4.78 is 6.37. The van der Waals surface area contributed by atoms with E-state index >= 15 is 0 Å². The number of hydrogen-bond donors (Lipinski definition) is 1. The summed E-state index contributed by atoms with van der Waals surface area (Å²) in [5.74, 6) is 5.76. The van der Waals surface area contributed by atoms with Crippen LogP contribution in [0.1, 0.15) is 125 Å². The Morgan fingerprint density at radius 3 is 2.49 bits per heavy atom.